The van der Waals surface area contributed by atoms with Gasteiger partial charge >= 0.3 is 0 Å². The van der Waals surface area contributed by atoms with Gasteiger partial charge in [-0.3, -0.25) is 0 Å². The molecule has 0 saturated carbocycles. The minimum atomic E-state index is -0.0610. The first-order valence-electron chi connectivity index (χ1n) is 18.7. The van der Waals surface area contributed by atoms with Gasteiger partial charge in [0.15, 0.2) is 0 Å². The van der Waals surface area contributed by atoms with Crippen LogP contribution in [-0.4, -0.2) is 21.7 Å². The first kappa shape index (κ1) is 38.3. The van der Waals surface area contributed by atoms with E-state index in [1.807, 2.05) is 59.9 Å². The lowest BCUT2D eigenvalue weighted by Crippen LogP contribution is -2.11. The van der Waals surface area contributed by atoms with Gasteiger partial charge in [-0.1, -0.05) is 145 Å². The second-order valence-electron chi connectivity index (χ2n) is 15.8. The summed E-state index contributed by atoms with van der Waals surface area (Å²) in [5.74, 6) is 2.70. The molecule has 0 aliphatic carbocycles. The van der Waals surface area contributed by atoms with Crippen LogP contribution < -0.4 is 0 Å². The van der Waals surface area contributed by atoms with E-state index in [4.69, 9.17) is 0 Å². The van der Waals surface area contributed by atoms with Crippen molar-refractivity contribution in [2.24, 2.45) is 0 Å². The van der Waals surface area contributed by atoms with Crippen LogP contribution in [-0.2, 0) is 10.8 Å². The van der Waals surface area contributed by atoms with Gasteiger partial charge in [0.25, 0.3) is 0 Å². The van der Waals surface area contributed by atoms with Gasteiger partial charge in [0, 0.05) is 32.0 Å². The van der Waals surface area contributed by atoms with Crippen molar-refractivity contribution >= 4 is 23.5 Å². The maximum absolute atomic E-state index is 11.7. The lowest BCUT2D eigenvalue weighted by Gasteiger charge is -2.23. The summed E-state index contributed by atoms with van der Waals surface area (Å²) in [4.78, 5) is 2.40. The lowest BCUT2D eigenvalue weighted by molar-refractivity contribution is 0.477. The standard InChI is InChI=1S/C49H52O2S2/c1-48(2,3)36-30-40(34-20-10-7-11-21-34)46(50)42(32-36)38-24-14-16-26-44(38)52-28-18-9-19-29-53-45-27-17-15-25-39(45)43-33-37(49(4,5)6)31-41(47(43)51)35-22-12-8-13-23-35/h7-8,10-17,20-27,30-33,50-51H,9,18-19,28-29H2,1-6H3. The predicted molar refractivity (Wildman–Crippen MR) is 231 cm³/mol. The third-order valence-electron chi connectivity index (χ3n) is 9.78. The van der Waals surface area contributed by atoms with Crippen molar-refractivity contribution in [2.45, 2.75) is 81.4 Å². The van der Waals surface area contributed by atoms with E-state index in [2.05, 4.69) is 139 Å². The number of benzene rings is 6. The molecular formula is C49H52O2S2. The number of phenols is 2. The molecule has 2 N–H and O–H groups in total. The first-order valence-corrected chi connectivity index (χ1v) is 20.7. The third kappa shape index (κ3) is 9.23. The molecule has 6 rings (SSSR count). The van der Waals surface area contributed by atoms with Crippen LogP contribution in [0.25, 0.3) is 44.5 Å². The van der Waals surface area contributed by atoms with Crippen molar-refractivity contribution in [1.29, 1.82) is 0 Å². The molecule has 4 heteroatoms. The van der Waals surface area contributed by atoms with E-state index in [9.17, 15) is 10.2 Å². The Morgan fingerprint density at radius 1 is 0.396 bits per heavy atom. The van der Waals surface area contributed by atoms with Gasteiger partial charge in [-0.15, -0.1) is 23.5 Å². The number of unbranched alkanes of at least 4 members (excludes halogenated alkanes) is 2. The highest BCUT2D eigenvalue weighted by molar-refractivity contribution is 7.99. The van der Waals surface area contributed by atoms with Crippen molar-refractivity contribution in [2.75, 3.05) is 11.5 Å². The largest absolute Gasteiger partial charge is 0.507 e. The Hall–Kier alpha value is -4.38. The van der Waals surface area contributed by atoms with Crippen molar-refractivity contribution in [3.05, 3.63) is 145 Å². The van der Waals surface area contributed by atoms with Crippen molar-refractivity contribution in [3.63, 3.8) is 0 Å². The molecule has 6 aromatic carbocycles. The molecule has 2 nitrogen and oxygen atoms in total. The Morgan fingerprint density at radius 3 is 1.11 bits per heavy atom. The van der Waals surface area contributed by atoms with Gasteiger partial charge in [-0.2, -0.15) is 0 Å². The lowest BCUT2D eigenvalue weighted by atomic mass is 9.82. The number of phenolic OH excluding ortho intramolecular Hbond substituents is 2. The highest BCUT2D eigenvalue weighted by Gasteiger charge is 2.23. The molecule has 0 amide bonds. The van der Waals surface area contributed by atoms with Crippen molar-refractivity contribution < 1.29 is 10.2 Å². The molecule has 0 aliphatic heterocycles. The number of aromatic hydroxyl groups is 2. The molecule has 0 heterocycles. The predicted octanol–water partition coefficient (Wildman–Crippen LogP) is 14.4. The summed E-state index contributed by atoms with van der Waals surface area (Å²) in [6.07, 6.45) is 3.36. The van der Waals surface area contributed by atoms with E-state index in [0.717, 1.165) is 75.3 Å². The summed E-state index contributed by atoms with van der Waals surface area (Å²) in [5, 5.41) is 23.3. The van der Waals surface area contributed by atoms with Crippen LogP contribution in [0.5, 0.6) is 11.5 Å². The summed E-state index contributed by atoms with van der Waals surface area (Å²) < 4.78 is 0. The van der Waals surface area contributed by atoms with Gasteiger partial charge in [0.05, 0.1) is 0 Å². The molecule has 0 spiro atoms. The first-order chi connectivity index (χ1) is 25.4. The average Bonchev–Trinajstić information content (AvgIpc) is 3.15. The van der Waals surface area contributed by atoms with E-state index < -0.39 is 0 Å². The number of hydrogen-bond donors (Lipinski definition) is 2. The molecule has 0 bridgehead atoms. The molecule has 0 aromatic heterocycles. The fourth-order valence-electron chi connectivity index (χ4n) is 6.60. The minimum Gasteiger partial charge on any atom is -0.507 e. The van der Waals surface area contributed by atoms with Crippen LogP contribution in [0.1, 0.15) is 71.9 Å². The maximum atomic E-state index is 11.7. The van der Waals surface area contributed by atoms with E-state index in [-0.39, 0.29) is 10.8 Å². The summed E-state index contributed by atoms with van der Waals surface area (Å²) in [7, 11) is 0. The Bertz CT molecular complexity index is 1990. The van der Waals surface area contributed by atoms with Gasteiger partial charge in [0.2, 0.25) is 0 Å². The Labute approximate surface area is 325 Å². The molecule has 6 aromatic rings. The van der Waals surface area contributed by atoms with E-state index in [1.54, 1.807) is 0 Å². The van der Waals surface area contributed by atoms with Crippen LogP contribution in [0.3, 0.4) is 0 Å². The fourth-order valence-corrected chi connectivity index (χ4v) is 8.75. The molecule has 53 heavy (non-hydrogen) atoms. The quantitative estimate of drug-likeness (QED) is 0.0969. The molecule has 0 saturated heterocycles. The van der Waals surface area contributed by atoms with Gasteiger partial charge in [-0.05, 0) is 105 Å². The molecule has 0 atom stereocenters. The smallest absolute Gasteiger partial charge is 0.131 e. The van der Waals surface area contributed by atoms with E-state index >= 15 is 0 Å². The molecule has 272 valence electrons. The number of rotatable bonds is 12. The Kier molecular flexibility index (Phi) is 12.1. The zero-order valence-electron chi connectivity index (χ0n) is 31.9. The van der Waals surface area contributed by atoms with E-state index in [1.165, 1.54) is 20.9 Å². The zero-order chi connectivity index (χ0) is 37.6. The van der Waals surface area contributed by atoms with Crippen LogP contribution in [0.4, 0.5) is 0 Å². The SMILES string of the molecule is CC(C)(C)c1cc(-c2ccccc2)c(O)c(-c2ccccc2SCCCCCSc2ccccc2-c2cc(C(C)(C)C)cc(-c3ccccc3)c2O)c1. The summed E-state index contributed by atoms with van der Waals surface area (Å²) >= 11 is 3.76. The van der Waals surface area contributed by atoms with Crippen LogP contribution in [0.15, 0.2) is 143 Å². The number of hydrogen-bond acceptors (Lipinski definition) is 4. The van der Waals surface area contributed by atoms with Gasteiger partial charge in [0.1, 0.15) is 11.5 Å². The number of thioether (sulfide) groups is 2. The highest BCUT2D eigenvalue weighted by atomic mass is 32.2. The highest BCUT2D eigenvalue weighted by Crippen LogP contribution is 2.46. The van der Waals surface area contributed by atoms with Crippen LogP contribution >= 0.6 is 23.5 Å². The van der Waals surface area contributed by atoms with E-state index in [0.29, 0.717) is 11.5 Å². The van der Waals surface area contributed by atoms with Crippen molar-refractivity contribution in [3.8, 4) is 56.0 Å². The average molecular weight is 737 g/mol. The Morgan fingerprint density at radius 2 is 0.736 bits per heavy atom. The molecular weight excluding hydrogens is 685 g/mol. The monoisotopic (exact) mass is 736 g/mol. The maximum Gasteiger partial charge on any atom is 0.131 e. The molecule has 0 radical (unpaired) electrons. The van der Waals surface area contributed by atoms with Gasteiger partial charge < -0.3 is 10.2 Å². The topological polar surface area (TPSA) is 40.5 Å². The fraction of sp³-hybridized carbons (Fsp3) is 0.265. The molecule has 0 fully saturated rings. The second-order valence-corrected chi connectivity index (χ2v) is 18.1. The normalized spacial score (nSPS) is 11.9. The van der Waals surface area contributed by atoms with Crippen molar-refractivity contribution in [1.82, 2.24) is 0 Å². The molecule has 0 aliphatic rings. The Balaban J connectivity index is 1.13. The zero-order valence-corrected chi connectivity index (χ0v) is 33.6. The summed E-state index contributed by atoms with van der Waals surface area (Å²) in [5.41, 5.74) is 10.0. The summed E-state index contributed by atoms with van der Waals surface area (Å²) in [6.45, 7) is 13.4. The second kappa shape index (κ2) is 16.7. The third-order valence-corrected chi connectivity index (χ3v) is 12.1. The van der Waals surface area contributed by atoms with Crippen LogP contribution in [0, 0.1) is 0 Å². The minimum absolute atomic E-state index is 0.0610. The van der Waals surface area contributed by atoms with Gasteiger partial charge in [-0.25, -0.2) is 0 Å². The van der Waals surface area contributed by atoms with Crippen LogP contribution in [0.2, 0.25) is 0 Å². The molecule has 0 unspecified atom stereocenters. The summed E-state index contributed by atoms with van der Waals surface area (Å²) in [6, 6.07) is 46.0.